The van der Waals surface area contributed by atoms with Crippen molar-refractivity contribution in [3.8, 4) is 11.5 Å². The van der Waals surface area contributed by atoms with Gasteiger partial charge in [-0.3, -0.25) is 14.8 Å². The fourth-order valence-corrected chi connectivity index (χ4v) is 4.42. The molecular weight excluding hydrogens is 580 g/mol. The van der Waals surface area contributed by atoms with Gasteiger partial charge in [-0.05, 0) is 61.5 Å². The fourth-order valence-electron chi connectivity index (χ4n) is 4.18. The second-order valence-corrected chi connectivity index (χ2v) is 9.72. The van der Waals surface area contributed by atoms with Crippen LogP contribution in [0.2, 0.25) is 5.02 Å². The van der Waals surface area contributed by atoms with Gasteiger partial charge in [-0.2, -0.15) is 4.98 Å². The average molecular weight is 609 g/mol. The van der Waals surface area contributed by atoms with Crippen LogP contribution < -0.4 is 30.3 Å². The number of hydrogen-bond donors (Lipinski definition) is 3. The number of pyridine rings is 1. The minimum Gasteiger partial charge on any atom is -0.494 e. The first kappa shape index (κ1) is 29.8. The number of aliphatic imine (C=N–C) groups is 1. The summed E-state index contributed by atoms with van der Waals surface area (Å²) in [6, 6.07) is 16.3. The molecule has 5 rings (SSSR count). The SMILES string of the molecule is C=CC(=O)Nc1cc(Nc2nccc(Nc3ccc(OCc4ccccn4)c(Cl)c3)n2)c(OC)cc1N1C=CC=NC=C1C. The molecule has 44 heavy (non-hydrogen) atoms. The summed E-state index contributed by atoms with van der Waals surface area (Å²) in [6.45, 7) is 5.79. The number of aromatic nitrogens is 3. The molecule has 0 fully saturated rings. The highest BCUT2D eigenvalue weighted by Gasteiger charge is 2.19. The molecule has 0 aliphatic carbocycles. The topological polar surface area (TPSA) is 126 Å². The van der Waals surface area contributed by atoms with E-state index in [9.17, 15) is 4.79 Å². The van der Waals surface area contributed by atoms with Crippen molar-refractivity contribution in [2.24, 2.45) is 4.99 Å². The summed E-state index contributed by atoms with van der Waals surface area (Å²) in [5.74, 6) is 1.48. The standard InChI is InChI=1S/C32H29ClN8O3/c1-4-31(42)38-25-17-26(29(43-3)18-27(25)41-15-7-12-34-19-21(41)2)39-32-36-14-11-30(40-32)37-22-9-10-28(24(33)16-22)44-20-23-8-5-6-13-35-23/h4-19H,1,20H2,2-3H3,(H,38,42)(H2,36,37,39,40). The van der Waals surface area contributed by atoms with Gasteiger partial charge in [0.2, 0.25) is 11.9 Å². The number of methoxy groups -OCH3 is 1. The number of carbonyl (C=O) groups excluding carboxylic acids is 1. The third-order valence-corrected chi connectivity index (χ3v) is 6.57. The minimum absolute atomic E-state index is 0.294. The van der Waals surface area contributed by atoms with Crippen LogP contribution in [0.1, 0.15) is 12.6 Å². The molecule has 2 aromatic heterocycles. The van der Waals surface area contributed by atoms with E-state index < -0.39 is 0 Å². The highest BCUT2D eigenvalue weighted by atomic mass is 35.5. The first-order valence-electron chi connectivity index (χ1n) is 13.4. The van der Waals surface area contributed by atoms with Gasteiger partial charge in [-0.1, -0.05) is 24.2 Å². The number of nitrogens with zero attached hydrogens (tertiary/aromatic N) is 5. The Morgan fingerprint density at radius 3 is 2.70 bits per heavy atom. The summed E-state index contributed by atoms with van der Waals surface area (Å²) >= 11 is 6.48. The molecule has 3 N–H and O–H groups in total. The lowest BCUT2D eigenvalue weighted by molar-refractivity contribution is -0.111. The largest absolute Gasteiger partial charge is 0.494 e. The minimum atomic E-state index is -0.367. The van der Waals surface area contributed by atoms with E-state index in [1.807, 2.05) is 42.3 Å². The lowest BCUT2D eigenvalue weighted by Crippen LogP contribution is -2.17. The van der Waals surface area contributed by atoms with Crippen LogP contribution in [0.4, 0.5) is 34.5 Å². The van der Waals surface area contributed by atoms with Gasteiger partial charge in [0.1, 0.15) is 23.9 Å². The van der Waals surface area contributed by atoms with Crippen molar-refractivity contribution in [3.05, 3.63) is 115 Å². The lowest BCUT2D eigenvalue weighted by Gasteiger charge is -2.25. The second-order valence-electron chi connectivity index (χ2n) is 9.31. The summed E-state index contributed by atoms with van der Waals surface area (Å²) in [4.78, 5) is 31.7. The summed E-state index contributed by atoms with van der Waals surface area (Å²) in [6.07, 6.45) is 11.6. The molecule has 1 amide bonds. The zero-order valence-corrected chi connectivity index (χ0v) is 24.7. The molecular formula is C32H29ClN8O3. The third kappa shape index (κ3) is 7.39. The van der Waals surface area contributed by atoms with E-state index in [1.54, 1.807) is 68.3 Å². The number of amides is 1. The van der Waals surface area contributed by atoms with Crippen LogP contribution in [0.15, 0.2) is 109 Å². The summed E-state index contributed by atoms with van der Waals surface area (Å²) in [5, 5.41) is 9.74. The first-order chi connectivity index (χ1) is 21.4. The van der Waals surface area contributed by atoms with Crippen molar-refractivity contribution in [1.82, 2.24) is 15.0 Å². The van der Waals surface area contributed by atoms with E-state index in [2.05, 4.69) is 42.5 Å². The van der Waals surface area contributed by atoms with Gasteiger partial charge in [0.15, 0.2) is 0 Å². The number of benzene rings is 2. The van der Waals surface area contributed by atoms with Gasteiger partial charge in [-0.25, -0.2) is 4.98 Å². The van der Waals surface area contributed by atoms with Crippen LogP contribution in [0.5, 0.6) is 11.5 Å². The van der Waals surface area contributed by atoms with Crippen LogP contribution in [-0.2, 0) is 11.4 Å². The Morgan fingerprint density at radius 2 is 1.93 bits per heavy atom. The quantitative estimate of drug-likeness (QED) is 0.154. The normalized spacial score (nSPS) is 12.2. The van der Waals surface area contributed by atoms with E-state index in [4.69, 9.17) is 21.1 Å². The van der Waals surface area contributed by atoms with Crippen molar-refractivity contribution in [1.29, 1.82) is 0 Å². The number of hydrogen-bond acceptors (Lipinski definition) is 10. The van der Waals surface area contributed by atoms with Gasteiger partial charge in [-0.15, -0.1) is 0 Å². The Kier molecular flexibility index (Phi) is 9.48. The van der Waals surface area contributed by atoms with E-state index in [0.717, 1.165) is 11.4 Å². The maximum absolute atomic E-state index is 12.3. The van der Waals surface area contributed by atoms with E-state index in [1.165, 1.54) is 6.08 Å². The van der Waals surface area contributed by atoms with Crippen molar-refractivity contribution in [2.45, 2.75) is 13.5 Å². The lowest BCUT2D eigenvalue weighted by atomic mass is 10.1. The summed E-state index contributed by atoms with van der Waals surface area (Å²) in [5.41, 5.74) is 4.04. The molecule has 1 aliphatic rings. The maximum atomic E-state index is 12.3. The van der Waals surface area contributed by atoms with E-state index in [-0.39, 0.29) is 5.91 Å². The van der Waals surface area contributed by atoms with Gasteiger partial charge in [0.05, 0.1) is 34.9 Å². The van der Waals surface area contributed by atoms with Crippen LogP contribution >= 0.6 is 11.6 Å². The average Bonchev–Trinajstić information content (AvgIpc) is 3.25. The van der Waals surface area contributed by atoms with Crippen LogP contribution in [-0.4, -0.2) is 34.2 Å². The predicted octanol–water partition coefficient (Wildman–Crippen LogP) is 6.99. The van der Waals surface area contributed by atoms with Gasteiger partial charge >= 0.3 is 0 Å². The van der Waals surface area contributed by atoms with Gasteiger partial charge < -0.3 is 30.3 Å². The Hall–Kier alpha value is -5.68. The fraction of sp³-hybridized carbons (Fsp3) is 0.0938. The number of carbonyl (C=O) groups is 1. The van der Waals surface area contributed by atoms with Crippen LogP contribution in [0.3, 0.4) is 0 Å². The van der Waals surface area contributed by atoms with E-state index in [0.29, 0.717) is 57.6 Å². The summed E-state index contributed by atoms with van der Waals surface area (Å²) in [7, 11) is 1.56. The molecule has 0 saturated heterocycles. The number of halogens is 1. The Balaban J connectivity index is 1.36. The Bertz CT molecular complexity index is 1760. The second kappa shape index (κ2) is 14.0. The molecule has 0 unspecified atom stereocenters. The zero-order chi connectivity index (χ0) is 30.9. The zero-order valence-electron chi connectivity index (χ0n) is 24.0. The molecule has 0 saturated carbocycles. The van der Waals surface area contributed by atoms with Gasteiger partial charge in [0, 0.05) is 48.5 Å². The molecule has 0 bridgehead atoms. The van der Waals surface area contributed by atoms with Crippen molar-refractivity contribution in [2.75, 3.05) is 28.0 Å². The maximum Gasteiger partial charge on any atom is 0.247 e. The number of anilines is 6. The molecule has 4 aromatic rings. The first-order valence-corrected chi connectivity index (χ1v) is 13.8. The van der Waals surface area contributed by atoms with Crippen molar-refractivity contribution in [3.63, 3.8) is 0 Å². The number of nitrogens with one attached hydrogen (secondary N) is 3. The number of ether oxygens (including phenoxy) is 2. The van der Waals surface area contributed by atoms with Crippen molar-refractivity contribution >= 4 is 58.2 Å². The summed E-state index contributed by atoms with van der Waals surface area (Å²) < 4.78 is 11.5. The van der Waals surface area contributed by atoms with Crippen LogP contribution in [0, 0.1) is 0 Å². The molecule has 2 aromatic carbocycles. The van der Waals surface area contributed by atoms with Crippen LogP contribution in [0.25, 0.3) is 0 Å². The molecule has 0 atom stereocenters. The molecule has 12 heteroatoms. The smallest absolute Gasteiger partial charge is 0.247 e. The monoisotopic (exact) mass is 608 g/mol. The van der Waals surface area contributed by atoms with Gasteiger partial charge in [0.25, 0.3) is 0 Å². The molecule has 1 aliphatic heterocycles. The molecule has 3 heterocycles. The molecule has 11 nitrogen and oxygen atoms in total. The highest BCUT2D eigenvalue weighted by Crippen LogP contribution is 2.40. The molecule has 222 valence electrons. The van der Waals surface area contributed by atoms with Crippen molar-refractivity contribution < 1.29 is 14.3 Å². The Morgan fingerprint density at radius 1 is 1.05 bits per heavy atom. The van der Waals surface area contributed by atoms with E-state index >= 15 is 0 Å². The number of allylic oxidation sites excluding steroid dienone is 2. The molecule has 0 radical (unpaired) electrons. The predicted molar refractivity (Wildman–Crippen MR) is 174 cm³/mol. The highest BCUT2D eigenvalue weighted by molar-refractivity contribution is 6.32. The Labute approximate surface area is 259 Å². The molecule has 0 spiro atoms. The third-order valence-electron chi connectivity index (χ3n) is 6.28. The number of rotatable bonds is 11.